The van der Waals surface area contributed by atoms with Gasteiger partial charge < -0.3 is 20.3 Å². The molecule has 3 atom stereocenters. The number of aliphatic carboxylic acids is 1. The van der Waals surface area contributed by atoms with E-state index in [9.17, 15) is 32.7 Å². The normalized spacial score (nSPS) is 13.7. The SMILES string of the molecule is CCCCCCCCCCCCC#C[C@@H](SC[C@H](NC(=O)C(F)(F)F)C(=O)OC)[C@@H](O)CCCC(=O)O. The molecule has 0 saturated carbocycles. The number of methoxy groups -OCH3 is 1. The van der Waals surface area contributed by atoms with E-state index in [1.807, 2.05) is 0 Å². The lowest BCUT2D eigenvalue weighted by molar-refractivity contribution is -0.175. The lowest BCUT2D eigenvalue weighted by Gasteiger charge is -2.21. The lowest BCUT2D eigenvalue weighted by atomic mass is 10.1. The van der Waals surface area contributed by atoms with Gasteiger partial charge in [-0.15, -0.1) is 17.7 Å². The first-order valence-electron chi connectivity index (χ1n) is 13.0. The molecule has 0 aliphatic heterocycles. The van der Waals surface area contributed by atoms with E-state index in [1.54, 1.807) is 5.32 Å². The molecule has 1 amide bonds. The highest BCUT2D eigenvalue weighted by Crippen LogP contribution is 2.21. The minimum atomic E-state index is -5.17. The number of rotatable bonds is 20. The summed E-state index contributed by atoms with van der Waals surface area (Å²) in [5, 5.41) is 20.2. The molecule has 0 aliphatic rings. The Morgan fingerprint density at radius 2 is 1.54 bits per heavy atom. The number of esters is 1. The van der Waals surface area contributed by atoms with Crippen molar-refractivity contribution in [1.82, 2.24) is 5.32 Å². The highest BCUT2D eigenvalue weighted by atomic mass is 32.2. The molecule has 0 rings (SSSR count). The van der Waals surface area contributed by atoms with Crippen molar-refractivity contribution in [3.05, 3.63) is 0 Å². The smallest absolute Gasteiger partial charge is 0.471 e. The number of hydrogen-bond donors (Lipinski definition) is 3. The van der Waals surface area contributed by atoms with Crippen LogP contribution >= 0.6 is 11.8 Å². The Balaban J connectivity index is 4.83. The van der Waals surface area contributed by atoms with Gasteiger partial charge in [-0.25, -0.2) is 4.79 Å². The molecule has 0 saturated heterocycles. The first kappa shape index (κ1) is 35.1. The fourth-order valence-electron chi connectivity index (χ4n) is 3.49. The molecule has 7 nitrogen and oxygen atoms in total. The second kappa shape index (κ2) is 21.1. The Hall–Kier alpha value is -1.93. The minimum Gasteiger partial charge on any atom is -0.481 e. The second-order valence-electron chi connectivity index (χ2n) is 8.91. The maximum absolute atomic E-state index is 12.6. The van der Waals surface area contributed by atoms with Crippen LogP contribution in [0.2, 0.25) is 0 Å². The summed E-state index contributed by atoms with van der Waals surface area (Å²) >= 11 is 0.922. The van der Waals surface area contributed by atoms with Crippen molar-refractivity contribution < 1.29 is 42.5 Å². The molecule has 0 aliphatic carbocycles. The van der Waals surface area contributed by atoms with Crippen LogP contribution in [0.25, 0.3) is 0 Å². The fourth-order valence-corrected chi connectivity index (χ4v) is 4.63. The Morgan fingerprint density at radius 3 is 2.05 bits per heavy atom. The predicted molar refractivity (Wildman–Crippen MR) is 138 cm³/mol. The third-order valence-electron chi connectivity index (χ3n) is 5.63. The summed E-state index contributed by atoms with van der Waals surface area (Å²) in [7, 11) is 0.990. The van der Waals surface area contributed by atoms with E-state index in [1.165, 1.54) is 44.9 Å². The van der Waals surface area contributed by atoms with E-state index in [0.29, 0.717) is 6.42 Å². The number of carboxylic acid groups (broad SMARTS) is 1. The molecule has 37 heavy (non-hydrogen) atoms. The van der Waals surface area contributed by atoms with E-state index >= 15 is 0 Å². The number of carbonyl (C=O) groups excluding carboxylic acids is 2. The van der Waals surface area contributed by atoms with E-state index in [-0.39, 0.29) is 25.0 Å². The number of amides is 1. The summed E-state index contributed by atoms with van der Waals surface area (Å²) in [6.07, 6.45) is 6.31. The van der Waals surface area contributed by atoms with Gasteiger partial charge in [0.1, 0.15) is 6.04 Å². The van der Waals surface area contributed by atoms with Crippen molar-refractivity contribution in [2.24, 2.45) is 0 Å². The Labute approximate surface area is 222 Å². The molecule has 0 fully saturated rings. The molecule has 0 radical (unpaired) electrons. The van der Waals surface area contributed by atoms with Crippen LogP contribution in [-0.4, -0.2) is 64.5 Å². The lowest BCUT2D eigenvalue weighted by Crippen LogP contribution is -2.49. The van der Waals surface area contributed by atoms with Crippen molar-refractivity contribution in [2.75, 3.05) is 12.9 Å². The van der Waals surface area contributed by atoms with Crippen LogP contribution in [-0.2, 0) is 19.1 Å². The second-order valence-corrected chi connectivity index (χ2v) is 10.1. The number of hydrogen-bond acceptors (Lipinski definition) is 6. The maximum Gasteiger partial charge on any atom is 0.471 e. The van der Waals surface area contributed by atoms with Gasteiger partial charge in [0.15, 0.2) is 0 Å². The largest absolute Gasteiger partial charge is 0.481 e. The number of ether oxygens (including phenoxy) is 1. The van der Waals surface area contributed by atoms with Gasteiger partial charge in [0.25, 0.3) is 0 Å². The molecular weight excluding hydrogens is 511 g/mol. The van der Waals surface area contributed by atoms with E-state index in [0.717, 1.165) is 38.1 Å². The zero-order chi connectivity index (χ0) is 28.1. The highest BCUT2D eigenvalue weighted by Gasteiger charge is 2.41. The van der Waals surface area contributed by atoms with E-state index < -0.39 is 41.4 Å². The number of carboxylic acids is 1. The number of unbranched alkanes of at least 4 members (excludes halogenated alkanes) is 10. The molecular formula is C26H42F3NO6S. The molecule has 0 spiro atoms. The fraction of sp³-hybridized carbons (Fsp3) is 0.808. The summed E-state index contributed by atoms with van der Waals surface area (Å²) in [5.41, 5.74) is 0. The molecule has 0 bridgehead atoms. The Kier molecular flexibility index (Phi) is 20.0. The minimum absolute atomic E-state index is 0.120. The third-order valence-corrected chi connectivity index (χ3v) is 6.95. The first-order chi connectivity index (χ1) is 17.5. The van der Waals surface area contributed by atoms with E-state index in [2.05, 4.69) is 23.5 Å². The summed E-state index contributed by atoms with van der Waals surface area (Å²) in [5.74, 6) is 1.27. The molecule has 0 heterocycles. The van der Waals surface area contributed by atoms with Gasteiger partial charge in [0.2, 0.25) is 0 Å². The molecule has 0 aromatic carbocycles. The van der Waals surface area contributed by atoms with Crippen LogP contribution in [0, 0.1) is 11.8 Å². The Morgan fingerprint density at radius 1 is 0.973 bits per heavy atom. The average molecular weight is 554 g/mol. The number of halogens is 3. The predicted octanol–water partition coefficient (Wildman–Crippen LogP) is 5.24. The average Bonchev–Trinajstić information content (AvgIpc) is 2.83. The molecule has 0 aromatic heterocycles. The standard InChI is InChI=1S/C26H42F3NO6S/c1-3-4-5-6-7-8-9-10-11-12-13-14-17-22(21(31)16-15-18-23(32)33)37-19-20(24(34)36-2)30-25(35)26(27,28)29/h20-22,31H,3-13,15-16,18-19H2,1-2H3,(H,30,35)(H,32,33)/t20-,21-,22+/m0/s1. The number of thioether (sulfide) groups is 1. The number of aliphatic hydroxyl groups excluding tert-OH is 1. The molecule has 3 N–H and O–H groups in total. The van der Waals surface area contributed by atoms with Crippen molar-refractivity contribution in [3.63, 3.8) is 0 Å². The number of aliphatic hydroxyl groups is 1. The van der Waals surface area contributed by atoms with Crippen molar-refractivity contribution in [3.8, 4) is 11.8 Å². The van der Waals surface area contributed by atoms with Crippen LogP contribution in [0.1, 0.15) is 96.8 Å². The van der Waals surface area contributed by atoms with Crippen LogP contribution in [0.3, 0.4) is 0 Å². The van der Waals surface area contributed by atoms with E-state index in [4.69, 9.17) is 5.11 Å². The summed E-state index contributed by atoms with van der Waals surface area (Å²) in [6.45, 7) is 2.20. The van der Waals surface area contributed by atoms with Gasteiger partial charge in [0.05, 0.1) is 18.5 Å². The highest BCUT2D eigenvalue weighted by molar-refractivity contribution is 8.00. The molecule has 11 heteroatoms. The quantitative estimate of drug-likeness (QED) is 0.107. The van der Waals surface area contributed by atoms with Gasteiger partial charge in [0, 0.05) is 18.6 Å². The van der Waals surface area contributed by atoms with Crippen molar-refractivity contribution >= 4 is 29.6 Å². The molecule has 214 valence electrons. The van der Waals surface area contributed by atoms with Crippen molar-refractivity contribution in [1.29, 1.82) is 0 Å². The topological polar surface area (TPSA) is 113 Å². The number of carbonyl (C=O) groups is 3. The van der Waals surface area contributed by atoms with Crippen molar-refractivity contribution in [2.45, 2.75) is 120 Å². The summed E-state index contributed by atoms with van der Waals surface area (Å²) < 4.78 is 42.4. The zero-order valence-corrected chi connectivity index (χ0v) is 22.7. The number of nitrogens with one attached hydrogen (secondary N) is 1. The third kappa shape index (κ3) is 18.9. The molecule has 0 unspecified atom stereocenters. The summed E-state index contributed by atoms with van der Waals surface area (Å²) in [4.78, 5) is 33.9. The van der Waals surface area contributed by atoms with Gasteiger partial charge >= 0.3 is 24.0 Å². The zero-order valence-electron chi connectivity index (χ0n) is 21.9. The molecule has 0 aromatic rings. The van der Waals surface area contributed by atoms with Crippen LogP contribution in [0.15, 0.2) is 0 Å². The van der Waals surface area contributed by atoms with Crippen LogP contribution in [0.4, 0.5) is 13.2 Å². The van der Waals surface area contributed by atoms with Gasteiger partial charge in [-0.2, -0.15) is 13.2 Å². The first-order valence-corrected chi connectivity index (χ1v) is 14.0. The van der Waals surface area contributed by atoms with Gasteiger partial charge in [-0.3, -0.25) is 9.59 Å². The number of alkyl halides is 3. The monoisotopic (exact) mass is 553 g/mol. The van der Waals surface area contributed by atoms with Gasteiger partial charge in [-0.1, -0.05) is 70.6 Å². The van der Waals surface area contributed by atoms with Crippen LogP contribution < -0.4 is 5.32 Å². The Bertz CT molecular complexity index is 723. The van der Waals surface area contributed by atoms with Gasteiger partial charge in [-0.05, 0) is 19.3 Å². The maximum atomic E-state index is 12.6. The summed E-state index contributed by atoms with van der Waals surface area (Å²) in [6, 6.07) is -1.58. The van der Waals surface area contributed by atoms with Crippen LogP contribution in [0.5, 0.6) is 0 Å².